The first kappa shape index (κ1) is 18.4. The van der Waals surface area contributed by atoms with Crippen LogP contribution in [-0.4, -0.2) is 31.7 Å². The minimum atomic E-state index is -3.61. The fourth-order valence-corrected chi connectivity index (χ4v) is 5.78. The van der Waals surface area contributed by atoms with Crippen molar-refractivity contribution < 1.29 is 13.2 Å². The lowest BCUT2D eigenvalue weighted by Gasteiger charge is -2.17. The van der Waals surface area contributed by atoms with Gasteiger partial charge in [0, 0.05) is 18.1 Å². The Balaban J connectivity index is 1.79. The highest BCUT2D eigenvalue weighted by molar-refractivity contribution is 7.89. The summed E-state index contributed by atoms with van der Waals surface area (Å²) in [5, 5.41) is 5.13. The average molecular weight is 399 g/mol. The first-order valence-electron chi connectivity index (χ1n) is 8.03. The molecule has 1 amide bonds. The zero-order valence-corrected chi connectivity index (χ0v) is 16.1. The van der Waals surface area contributed by atoms with E-state index < -0.39 is 10.0 Å². The number of nitrogens with one attached hydrogen (secondary N) is 1. The van der Waals surface area contributed by atoms with E-state index in [0.717, 1.165) is 29.7 Å². The number of thiophene rings is 1. The normalized spacial score (nSPS) is 16.7. The lowest BCUT2D eigenvalue weighted by molar-refractivity contribution is 0.0941. The second-order valence-corrected chi connectivity index (χ2v) is 9.23. The molecule has 1 aliphatic heterocycles. The van der Waals surface area contributed by atoms with Crippen LogP contribution in [0.2, 0.25) is 5.02 Å². The van der Waals surface area contributed by atoms with Gasteiger partial charge in [0.25, 0.3) is 5.91 Å². The number of nitrogens with zero attached hydrogens (tertiary/aromatic N) is 1. The van der Waals surface area contributed by atoms with Gasteiger partial charge in [-0.3, -0.25) is 4.79 Å². The van der Waals surface area contributed by atoms with Crippen LogP contribution in [0.3, 0.4) is 0 Å². The smallest absolute Gasteiger partial charge is 0.263 e. The van der Waals surface area contributed by atoms with E-state index in [0.29, 0.717) is 18.1 Å². The number of benzene rings is 1. The van der Waals surface area contributed by atoms with Crippen molar-refractivity contribution >= 4 is 38.9 Å². The Bertz CT molecular complexity index is 856. The molecular weight excluding hydrogens is 380 g/mol. The van der Waals surface area contributed by atoms with Gasteiger partial charge >= 0.3 is 0 Å². The predicted octanol–water partition coefficient (Wildman–Crippen LogP) is 3.68. The molecule has 0 radical (unpaired) electrons. The topological polar surface area (TPSA) is 66.5 Å². The van der Waals surface area contributed by atoms with Gasteiger partial charge < -0.3 is 5.32 Å². The lowest BCUT2D eigenvalue weighted by Crippen LogP contribution is -2.31. The summed E-state index contributed by atoms with van der Waals surface area (Å²) in [6.45, 7) is 2.88. The van der Waals surface area contributed by atoms with Crippen molar-refractivity contribution in [2.45, 2.75) is 30.7 Å². The van der Waals surface area contributed by atoms with Crippen molar-refractivity contribution in [3.8, 4) is 0 Å². The Labute approximate surface area is 156 Å². The third-order valence-electron chi connectivity index (χ3n) is 4.24. The molecule has 1 aliphatic rings. The molecule has 1 aromatic carbocycles. The number of rotatable bonds is 5. The van der Waals surface area contributed by atoms with Crippen LogP contribution in [0.1, 0.15) is 41.0 Å². The van der Waals surface area contributed by atoms with Crippen molar-refractivity contribution in [2.24, 2.45) is 0 Å². The summed E-state index contributed by atoms with van der Waals surface area (Å²) >= 11 is 7.02. The molecule has 5 nitrogen and oxygen atoms in total. The minimum absolute atomic E-state index is 0.0974. The third kappa shape index (κ3) is 3.89. The Hall–Kier alpha value is -1.41. The van der Waals surface area contributed by atoms with Crippen LogP contribution in [0.5, 0.6) is 0 Å². The molecule has 2 heterocycles. The maximum Gasteiger partial charge on any atom is 0.263 e. The highest BCUT2D eigenvalue weighted by Gasteiger charge is 2.32. The number of hydrogen-bond donors (Lipinski definition) is 1. The van der Waals surface area contributed by atoms with Crippen molar-refractivity contribution in [1.29, 1.82) is 0 Å². The zero-order valence-electron chi connectivity index (χ0n) is 13.7. The first-order chi connectivity index (χ1) is 11.9. The fraction of sp³-hybridized carbons (Fsp3) is 0.353. The van der Waals surface area contributed by atoms with Gasteiger partial charge in [0.05, 0.1) is 6.04 Å². The van der Waals surface area contributed by atoms with E-state index in [1.807, 2.05) is 19.1 Å². The van der Waals surface area contributed by atoms with Gasteiger partial charge in [0.15, 0.2) is 0 Å². The molecule has 2 aromatic rings. The molecule has 8 heteroatoms. The van der Waals surface area contributed by atoms with Gasteiger partial charge in [-0.05, 0) is 48.9 Å². The second-order valence-electron chi connectivity index (χ2n) is 5.97. The Morgan fingerprint density at radius 1 is 1.20 bits per heavy atom. The van der Waals surface area contributed by atoms with Gasteiger partial charge in [-0.25, -0.2) is 8.42 Å². The predicted molar refractivity (Wildman–Crippen MR) is 99.6 cm³/mol. The van der Waals surface area contributed by atoms with Gasteiger partial charge in [0.1, 0.15) is 9.77 Å². The molecule has 0 spiro atoms. The number of amides is 1. The molecule has 1 saturated heterocycles. The number of sulfonamides is 1. The summed E-state index contributed by atoms with van der Waals surface area (Å²) in [7, 11) is -3.61. The quantitative estimate of drug-likeness (QED) is 0.835. The Kier molecular flexibility index (Phi) is 5.48. The highest BCUT2D eigenvalue weighted by Crippen LogP contribution is 2.28. The van der Waals surface area contributed by atoms with E-state index in [-0.39, 0.29) is 21.7 Å². The summed E-state index contributed by atoms with van der Waals surface area (Å²) in [6, 6.07) is 8.45. The van der Waals surface area contributed by atoms with Crippen LogP contribution in [0.4, 0.5) is 0 Å². The van der Waals surface area contributed by atoms with E-state index in [4.69, 9.17) is 11.6 Å². The number of hydrogen-bond acceptors (Lipinski definition) is 4. The van der Waals surface area contributed by atoms with Gasteiger partial charge in [-0.1, -0.05) is 23.7 Å². The molecule has 0 saturated carbocycles. The van der Waals surface area contributed by atoms with E-state index in [2.05, 4.69) is 5.32 Å². The Morgan fingerprint density at radius 3 is 2.48 bits per heavy atom. The maximum atomic E-state index is 12.8. The van der Waals surface area contributed by atoms with Crippen LogP contribution in [0.15, 0.2) is 40.6 Å². The largest absolute Gasteiger partial charge is 0.345 e. The van der Waals surface area contributed by atoms with Crippen molar-refractivity contribution in [1.82, 2.24) is 9.62 Å². The van der Waals surface area contributed by atoms with E-state index in [9.17, 15) is 13.2 Å². The summed E-state index contributed by atoms with van der Waals surface area (Å²) in [5.41, 5.74) is 0.901. The average Bonchev–Trinajstić information content (AvgIpc) is 3.27. The molecule has 1 unspecified atom stereocenters. The number of carbonyl (C=O) groups excluding carboxylic acids is 1. The highest BCUT2D eigenvalue weighted by atomic mass is 35.5. The monoisotopic (exact) mass is 398 g/mol. The summed E-state index contributed by atoms with van der Waals surface area (Å²) in [4.78, 5) is 13.0. The van der Waals surface area contributed by atoms with E-state index in [1.165, 1.54) is 10.4 Å². The molecule has 1 fully saturated rings. The van der Waals surface area contributed by atoms with Gasteiger partial charge in [-0.15, -0.1) is 11.3 Å². The fourth-order valence-electron chi connectivity index (χ4n) is 2.83. The molecule has 0 bridgehead atoms. The number of carbonyl (C=O) groups is 1. The molecule has 3 rings (SSSR count). The van der Waals surface area contributed by atoms with Crippen LogP contribution >= 0.6 is 22.9 Å². The molecule has 1 aromatic heterocycles. The minimum Gasteiger partial charge on any atom is -0.345 e. The zero-order chi connectivity index (χ0) is 18.0. The third-order valence-corrected chi connectivity index (χ3v) is 7.47. The Morgan fingerprint density at radius 2 is 1.84 bits per heavy atom. The maximum absolute atomic E-state index is 12.8. The molecule has 25 heavy (non-hydrogen) atoms. The lowest BCUT2D eigenvalue weighted by atomic mass is 10.1. The van der Waals surface area contributed by atoms with Crippen LogP contribution in [0.25, 0.3) is 0 Å². The van der Waals surface area contributed by atoms with Crippen LogP contribution in [0, 0.1) is 0 Å². The van der Waals surface area contributed by atoms with Gasteiger partial charge in [-0.2, -0.15) is 4.31 Å². The van der Waals surface area contributed by atoms with Crippen molar-refractivity contribution in [3.63, 3.8) is 0 Å². The van der Waals surface area contributed by atoms with E-state index >= 15 is 0 Å². The second kappa shape index (κ2) is 7.45. The van der Waals surface area contributed by atoms with Crippen molar-refractivity contribution in [2.75, 3.05) is 13.1 Å². The van der Waals surface area contributed by atoms with E-state index in [1.54, 1.807) is 17.5 Å². The standard InChI is InChI=1S/C17H19ClN2O3S2/c1-12(13-4-6-14(18)7-5-13)19-17(21)16-15(8-11-24-16)25(22,23)20-9-2-3-10-20/h4-8,11-12H,2-3,9-10H2,1H3,(H,19,21). The molecule has 0 aliphatic carbocycles. The molecular formula is C17H19ClN2O3S2. The molecule has 134 valence electrons. The van der Waals surface area contributed by atoms with Crippen LogP contribution in [-0.2, 0) is 10.0 Å². The summed E-state index contributed by atoms with van der Waals surface area (Å²) in [6.07, 6.45) is 1.72. The summed E-state index contributed by atoms with van der Waals surface area (Å²) in [5.74, 6) is -0.379. The SMILES string of the molecule is CC(NC(=O)c1sccc1S(=O)(=O)N1CCCC1)c1ccc(Cl)cc1. The molecule has 1 atom stereocenters. The number of halogens is 1. The molecule has 1 N–H and O–H groups in total. The first-order valence-corrected chi connectivity index (χ1v) is 10.7. The van der Waals surface area contributed by atoms with Crippen LogP contribution < -0.4 is 5.32 Å². The van der Waals surface area contributed by atoms with Gasteiger partial charge in [0.2, 0.25) is 10.0 Å². The summed E-state index contributed by atoms with van der Waals surface area (Å²) < 4.78 is 27.0. The van der Waals surface area contributed by atoms with Crippen molar-refractivity contribution in [3.05, 3.63) is 51.2 Å².